The molecule has 0 aliphatic carbocycles. The van der Waals surface area contributed by atoms with Gasteiger partial charge in [-0.25, -0.2) is 0 Å². The van der Waals surface area contributed by atoms with Crippen molar-refractivity contribution in [2.45, 2.75) is 0.515 Å². The third-order valence-corrected chi connectivity index (χ3v) is 2.61. The monoisotopic (exact) mass is 234 g/mol. The molecule has 7 heteroatoms. The van der Waals surface area contributed by atoms with E-state index >= 15 is 0 Å². The fourth-order valence-electron chi connectivity index (χ4n) is 0.815. The fourth-order valence-corrected chi connectivity index (χ4v) is 1.45. The molecule has 0 heterocycles. The van der Waals surface area contributed by atoms with Crippen LogP contribution in [0.2, 0.25) is 0 Å². The van der Waals surface area contributed by atoms with E-state index < -0.39 is 19.2 Å². The zero-order valence-electron chi connectivity index (χ0n) is 7.41. The summed E-state index contributed by atoms with van der Waals surface area (Å²) in [5.41, 5.74) is 0.775. The first-order valence-electron chi connectivity index (χ1n) is 3.83. The maximum atomic E-state index is 12.4. The van der Waals surface area contributed by atoms with Crippen LogP contribution in [0.4, 0.5) is 21.7 Å². The second kappa shape index (κ2) is 7.81. The van der Waals surface area contributed by atoms with E-state index in [-0.39, 0.29) is 0 Å². The standard InChI is InChI=1S/C7H5F2.BF3.K/c1-5-2-6(8)4-7(9)3-5;2-1(3)4;/h2-4H,1H2;;. The number of benzene rings is 1. The predicted octanol–water partition coefficient (Wildman–Crippen LogP) is 2.51. The molecule has 0 amide bonds. The Labute approximate surface area is 113 Å². The number of hydrogen-bond acceptors (Lipinski definition) is 0. The molecule has 0 aliphatic heterocycles. The Hall–Kier alpha value is 0.571. The van der Waals surface area contributed by atoms with Crippen molar-refractivity contribution in [3.63, 3.8) is 0 Å². The number of halogens is 5. The SMILES string of the molecule is FB(F)F.Fc1cc(F)cc([CH2][K])c1. The first-order chi connectivity index (χ1) is 6.45. The zero-order valence-corrected chi connectivity index (χ0v) is 10.5. The third-order valence-electron chi connectivity index (χ3n) is 1.33. The molecule has 1 aromatic carbocycles. The van der Waals surface area contributed by atoms with Gasteiger partial charge < -0.3 is 0 Å². The molecule has 0 saturated heterocycles. The molecule has 72 valence electrons. The van der Waals surface area contributed by atoms with Crippen molar-refractivity contribution in [2.75, 3.05) is 0 Å². The van der Waals surface area contributed by atoms with Gasteiger partial charge in [-0.3, -0.25) is 12.9 Å². The topological polar surface area (TPSA) is 0 Å². The Kier molecular flexibility index (Phi) is 8.13. The molecule has 1 aromatic rings. The van der Waals surface area contributed by atoms with Crippen LogP contribution in [-0.2, 0) is 0.515 Å². The van der Waals surface area contributed by atoms with E-state index in [1.165, 1.54) is 12.1 Å². The molecular formula is C7H5BF5K. The summed E-state index contributed by atoms with van der Waals surface area (Å²) in [4.78, 5) is 0. The van der Waals surface area contributed by atoms with Crippen molar-refractivity contribution in [1.29, 1.82) is 0 Å². The van der Waals surface area contributed by atoms with Gasteiger partial charge in [0.05, 0.1) is 0 Å². The summed E-state index contributed by atoms with van der Waals surface area (Å²) >= 11 is 0.618. The van der Waals surface area contributed by atoms with E-state index in [0.29, 0.717) is 49.0 Å². The quantitative estimate of drug-likeness (QED) is 0.517. The summed E-state index contributed by atoms with van der Waals surface area (Å²) in [6, 6.07) is 3.66. The van der Waals surface area contributed by atoms with Crippen LogP contribution < -0.4 is 0 Å². The van der Waals surface area contributed by atoms with Gasteiger partial charge in [-0.1, -0.05) is 0 Å². The van der Waals surface area contributed by atoms with Crippen molar-refractivity contribution in [2.24, 2.45) is 0 Å². The molecule has 0 aromatic heterocycles. The van der Waals surface area contributed by atoms with Gasteiger partial charge in [0.15, 0.2) is 0 Å². The average molecular weight is 234 g/mol. The third kappa shape index (κ3) is 7.93. The summed E-state index contributed by atoms with van der Waals surface area (Å²) < 4.78 is 54.6. The summed E-state index contributed by atoms with van der Waals surface area (Å²) in [5, 5.41) is 0. The first kappa shape index (κ1) is 14.6. The Morgan fingerprint density at radius 2 is 1.36 bits per heavy atom. The molecule has 0 fully saturated rings. The van der Waals surface area contributed by atoms with Crippen molar-refractivity contribution < 1.29 is 21.7 Å². The minimum absolute atomic E-state index is 0.473. The van der Waals surface area contributed by atoms with Gasteiger partial charge in [0.1, 0.15) is 0 Å². The Balaban J connectivity index is 0.000000364. The van der Waals surface area contributed by atoms with Crippen LogP contribution in [0.15, 0.2) is 18.2 Å². The molecule has 1 rings (SSSR count). The second-order valence-electron chi connectivity index (χ2n) is 2.38. The van der Waals surface area contributed by atoms with Crippen molar-refractivity contribution >= 4 is 56.5 Å². The molecule has 0 bridgehead atoms. The number of hydrogen-bond donors (Lipinski definition) is 0. The van der Waals surface area contributed by atoms with Gasteiger partial charge in [-0.15, -0.1) is 0 Å². The molecule has 0 saturated carbocycles. The van der Waals surface area contributed by atoms with E-state index in [9.17, 15) is 21.7 Å². The maximum absolute atomic E-state index is 12.4. The van der Waals surface area contributed by atoms with E-state index in [0.717, 1.165) is 12.1 Å². The summed E-state index contributed by atoms with van der Waals surface area (Å²) in [6.45, 7) is 0. The normalized spacial score (nSPS) is 9.07. The minimum atomic E-state index is -3.67. The molecule has 0 spiro atoms. The Morgan fingerprint density at radius 1 is 1.00 bits per heavy atom. The molecule has 0 radical (unpaired) electrons. The van der Waals surface area contributed by atoms with Crippen LogP contribution in [0, 0.1) is 11.6 Å². The average Bonchev–Trinajstić information content (AvgIpc) is 2.01. The van der Waals surface area contributed by atoms with Gasteiger partial charge in [-0.2, -0.15) is 0 Å². The van der Waals surface area contributed by atoms with Crippen LogP contribution in [-0.4, -0.2) is 56.5 Å². The van der Waals surface area contributed by atoms with Crippen LogP contribution in [0.1, 0.15) is 5.56 Å². The Morgan fingerprint density at radius 3 is 1.64 bits per heavy atom. The van der Waals surface area contributed by atoms with Gasteiger partial charge in [0.2, 0.25) is 0 Å². The number of rotatable bonds is 1. The van der Waals surface area contributed by atoms with Gasteiger partial charge in [-0.05, 0) is 0 Å². The summed E-state index contributed by atoms with van der Waals surface area (Å²) in [7, 11) is -3.67. The first-order valence-corrected chi connectivity index (χ1v) is 6.03. The van der Waals surface area contributed by atoms with Crippen LogP contribution >= 0.6 is 0 Å². The summed E-state index contributed by atoms with van der Waals surface area (Å²) in [6.07, 6.45) is 0. The van der Waals surface area contributed by atoms with Gasteiger partial charge >= 0.3 is 101 Å². The predicted molar refractivity (Wildman–Crippen MR) is 44.9 cm³/mol. The van der Waals surface area contributed by atoms with E-state index in [2.05, 4.69) is 0 Å². The zero-order chi connectivity index (χ0) is 11.1. The van der Waals surface area contributed by atoms with E-state index in [4.69, 9.17) is 0 Å². The molecule has 0 aliphatic rings. The molecule has 0 nitrogen and oxygen atoms in total. The van der Waals surface area contributed by atoms with E-state index in [1.54, 1.807) is 0 Å². The van der Waals surface area contributed by atoms with Crippen molar-refractivity contribution in [3.8, 4) is 0 Å². The van der Waals surface area contributed by atoms with E-state index in [1.807, 2.05) is 0 Å². The van der Waals surface area contributed by atoms with Crippen LogP contribution in [0.5, 0.6) is 0 Å². The molecule has 0 unspecified atom stereocenters. The Bertz CT molecular complexity index is 258. The fraction of sp³-hybridized carbons (Fsp3) is 0.143. The van der Waals surface area contributed by atoms with Gasteiger partial charge in [0.25, 0.3) is 0 Å². The van der Waals surface area contributed by atoms with Crippen molar-refractivity contribution in [1.82, 2.24) is 0 Å². The molecular weight excluding hydrogens is 229 g/mol. The summed E-state index contributed by atoms with van der Waals surface area (Å²) in [5.74, 6) is -0.946. The van der Waals surface area contributed by atoms with Crippen molar-refractivity contribution in [3.05, 3.63) is 35.4 Å². The molecule has 0 N–H and O–H groups in total. The van der Waals surface area contributed by atoms with Gasteiger partial charge in [0, 0.05) is 0 Å². The molecule has 0 atom stereocenters. The van der Waals surface area contributed by atoms with Crippen LogP contribution in [0.25, 0.3) is 0 Å². The second-order valence-corrected chi connectivity index (χ2v) is 3.48. The van der Waals surface area contributed by atoms with Crippen LogP contribution in [0.3, 0.4) is 0 Å². The molecule has 14 heavy (non-hydrogen) atoms.